The van der Waals surface area contributed by atoms with E-state index in [0.717, 1.165) is 12.1 Å². The average Bonchev–Trinajstić information content (AvgIpc) is 2.17. The highest BCUT2D eigenvalue weighted by molar-refractivity contribution is 5.27. The van der Waals surface area contributed by atoms with Crippen molar-refractivity contribution in [2.75, 3.05) is 6.54 Å². The first kappa shape index (κ1) is 12.0. The Morgan fingerprint density at radius 2 is 2.00 bits per heavy atom. The predicted octanol–water partition coefficient (Wildman–Crippen LogP) is 2.09. The summed E-state index contributed by atoms with van der Waals surface area (Å²) in [6.07, 6.45) is -5.06. The third kappa shape index (κ3) is 3.21. The van der Waals surface area contributed by atoms with Gasteiger partial charge < -0.3 is 10.8 Å². The lowest BCUT2D eigenvalue weighted by Gasteiger charge is -2.12. The summed E-state index contributed by atoms with van der Waals surface area (Å²) in [6, 6.07) is 4.65. The molecule has 0 saturated carbocycles. The van der Waals surface area contributed by atoms with Gasteiger partial charge in [0.1, 0.15) is 0 Å². The summed E-state index contributed by atoms with van der Waals surface area (Å²) < 4.78 is 36.9. The lowest BCUT2D eigenvalue weighted by Crippen LogP contribution is -2.09. The van der Waals surface area contributed by atoms with Gasteiger partial charge in [-0.2, -0.15) is 13.2 Å². The number of rotatable bonds is 3. The molecule has 1 unspecified atom stereocenters. The van der Waals surface area contributed by atoms with Gasteiger partial charge in [-0.25, -0.2) is 0 Å². The third-order valence-electron chi connectivity index (χ3n) is 2.04. The first-order chi connectivity index (χ1) is 6.95. The minimum absolute atomic E-state index is 0.234. The first-order valence-electron chi connectivity index (χ1n) is 4.50. The van der Waals surface area contributed by atoms with Gasteiger partial charge in [0.25, 0.3) is 0 Å². The van der Waals surface area contributed by atoms with E-state index in [0.29, 0.717) is 0 Å². The highest BCUT2D eigenvalue weighted by atomic mass is 19.4. The van der Waals surface area contributed by atoms with E-state index >= 15 is 0 Å². The molecular formula is C10H12F3NO. The Labute approximate surface area is 85.5 Å². The number of nitrogens with two attached hydrogens (primary N) is 1. The minimum Gasteiger partial charge on any atom is -0.388 e. The molecular weight excluding hydrogens is 207 g/mol. The molecule has 3 N–H and O–H groups in total. The van der Waals surface area contributed by atoms with Crippen molar-refractivity contribution in [3.8, 4) is 0 Å². The summed E-state index contributed by atoms with van der Waals surface area (Å²) in [4.78, 5) is 0. The lowest BCUT2D eigenvalue weighted by atomic mass is 10.0. The molecule has 0 saturated heterocycles. The van der Waals surface area contributed by atoms with Gasteiger partial charge in [-0.1, -0.05) is 12.1 Å². The highest BCUT2D eigenvalue weighted by Gasteiger charge is 2.30. The topological polar surface area (TPSA) is 46.2 Å². The Balaban J connectivity index is 2.92. The van der Waals surface area contributed by atoms with Crippen LogP contribution in [0.1, 0.15) is 23.7 Å². The molecule has 0 aliphatic carbocycles. The standard InChI is InChI=1S/C10H12F3NO/c11-10(12,13)8-3-1-2-7(6-8)9(15)4-5-14/h1-3,6,9,15H,4-5,14H2. The number of alkyl halides is 3. The molecule has 0 bridgehead atoms. The van der Waals surface area contributed by atoms with Gasteiger partial charge in [0, 0.05) is 0 Å². The fraction of sp³-hybridized carbons (Fsp3) is 0.400. The van der Waals surface area contributed by atoms with Crippen LogP contribution in [0.3, 0.4) is 0 Å². The van der Waals surface area contributed by atoms with Gasteiger partial charge in [0.15, 0.2) is 0 Å². The number of hydrogen-bond acceptors (Lipinski definition) is 2. The molecule has 0 aliphatic heterocycles. The molecule has 1 rings (SSSR count). The molecule has 0 amide bonds. The quantitative estimate of drug-likeness (QED) is 0.817. The SMILES string of the molecule is NCCC(O)c1cccc(C(F)(F)F)c1. The maximum absolute atomic E-state index is 12.3. The van der Waals surface area contributed by atoms with E-state index < -0.39 is 17.8 Å². The summed E-state index contributed by atoms with van der Waals surface area (Å²) >= 11 is 0. The second kappa shape index (κ2) is 4.63. The van der Waals surface area contributed by atoms with E-state index in [1.807, 2.05) is 0 Å². The van der Waals surface area contributed by atoms with Gasteiger partial charge in [0.2, 0.25) is 0 Å². The Morgan fingerprint density at radius 3 is 2.53 bits per heavy atom. The van der Waals surface area contributed by atoms with Crippen LogP contribution in [0.4, 0.5) is 13.2 Å². The molecule has 0 fully saturated rings. The van der Waals surface area contributed by atoms with Crippen molar-refractivity contribution in [3.05, 3.63) is 35.4 Å². The van der Waals surface area contributed by atoms with Crippen LogP contribution >= 0.6 is 0 Å². The number of aliphatic hydroxyl groups is 1. The second-order valence-corrected chi connectivity index (χ2v) is 3.22. The van der Waals surface area contributed by atoms with E-state index in [2.05, 4.69) is 0 Å². The molecule has 5 heteroatoms. The Bertz CT molecular complexity index is 325. The fourth-order valence-electron chi connectivity index (χ4n) is 1.25. The van der Waals surface area contributed by atoms with Gasteiger partial charge in [-0.15, -0.1) is 0 Å². The van der Waals surface area contributed by atoms with E-state index in [1.54, 1.807) is 0 Å². The first-order valence-corrected chi connectivity index (χ1v) is 4.50. The summed E-state index contributed by atoms with van der Waals surface area (Å²) in [5.41, 5.74) is 4.70. The molecule has 15 heavy (non-hydrogen) atoms. The van der Waals surface area contributed by atoms with Gasteiger partial charge >= 0.3 is 6.18 Å². The maximum Gasteiger partial charge on any atom is 0.416 e. The number of hydrogen-bond donors (Lipinski definition) is 2. The zero-order chi connectivity index (χ0) is 11.5. The van der Waals surface area contributed by atoms with Crippen LogP contribution in [-0.2, 0) is 6.18 Å². The summed E-state index contributed by atoms with van der Waals surface area (Å²) in [6.45, 7) is 0.234. The summed E-state index contributed by atoms with van der Waals surface area (Å²) in [5.74, 6) is 0. The van der Waals surface area contributed by atoms with Crippen molar-refractivity contribution in [2.45, 2.75) is 18.7 Å². The van der Waals surface area contributed by atoms with Crippen molar-refractivity contribution >= 4 is 0 Å². The highest BCUT2D eigenvalue weighted by Crippen LogP contribution is 2.31. The predicted molar refractivity (Wildman–Crippen MR) is 50.1 cm³/mol. The molecule has 1 aromatic rings. The van der Waals surface area contributed by atoms with Crippen LogP contribution < -0.4 is 5.73 Å². The molecule has 0 aliphatic rings. The van der Waals surface area contributed by atoms with Gasteiger partial charge in [0.05, 0.1) is 11.7 Å². The largest absolute Gasteiger partial charge is 0.416 e. The third-order valence-corrected chi connectivity index (χ3v) is 2.04. The van der Waals surface area contributed by atoms with Crippen LogP contribution in [0.25, 0.3) is 0 Å². The van der Waals surface area contributed by atoms with Crippen molar-refractivity contribution in [1.29, 1.82) is 0 Å². The number of benzene rings is 1. The fourth-order valence-corrected chi connectivity index (χ4v) is 1.25. The van der Waals surface area contributed by atoms with Crippen LogP contribution in [0.15, 0.2) is 24.3 Å². The van der Waals surface area contributed by atoms with Gasteiger partial charge in [-0.05, 0) is 30.7 Å². The van der Waals surface area contributed by atoms with Crippen LogP contribution in [-0.4, -0.2) is 11.7 Å². The Hall–Kier alpha value is -1.07. The normalized spacial score (nSPS) is 13.9. The van der Waals surface area contributed by atoms with Crippen molar-refractivity contribution in [2.24, 2.45) is 5.73 Å². The van der Waals surface area contributed by atoms with Crippen molar-refractivity contribution in [3.63, 3.8) is 0 Å². The van der Waals surface area contributed by atoms with Crippen LogP contribution in [0, 0.1) is 0 Å². The summed E-state index contributed by atoms with van der Waals surface area (Å²) in [5, 5.41) is 9.46. The number of aliphatic hydroxyl groups excluding tert-OH is 1. The smallest absolute Gasteiger partial charge is 0.388 e. The zero-order valence-corrected chi connectivity index (χ0v) is 7.96. The van der Waals surface area contributed by atoms with Crippen molar-refractivity contribution in [1.82, 2.24) is 0 Å². The molecule has 84 valence electrons. The molecule has 0 heterocycles. The molecule has 1 aromatic carbocycles. The van der Waals surface area contributed by atoms with Crippen LogP contribution in [0.2, 0.25) is 0 Å². The molecule has 0 spiro atoms. The molecule has 1 atom stereocenters. The van der Waals surface area contributed by atoms with E-state index in [4.69, 9.17) is 5.73 Å². The van der Waals surface area contributed by atoms with E-state index in [1.165, 1.54) is 12.1 Å². The van der Waals surface area contributed by atoms with E-state index in [-0.39, 0.29) is 18.5 Å². The monoisotopic (exact) mass is 219 g/mol. The number of halogens is 3. The lowest BCUT2D eigenvalue weighted by molar-refractivity contribution is -0.137. The summed E-state index contributed by atoms with van der Waals surface area (Å²) in [7, 11) is 0. The van der Waals surface area contributed by atoms with E-state index in [9.17, 15) is 18.3 Å². The maximum atomic E-state index is 12.3. The zero-order valence-electron chi connectivity index (χ0n) is 7.96. The molecule has 0 aromatic heterocycles. The van der Waals surface area contributed by atoms with Gasteiger partial charge in [-0.3, -0.25) is 0 Å². The Kier molecular flexibility index (Phi) is 3.71. The second-order valence-electron chi connectivity index (χ2n) is 3.22. The van der Waals surface area contributed by atoms with Crippen molar-refractivity contribution < 1.29 is 18.3 Å². The Morgan fingerprint density at radius 1 is 1.33 bits per heavy atom. The molecule has 2 nitrogen and oxygen atoms in total. The molecule has 0 radical (unpaired) electrons. The van der Waals surface area contributed by atoms with Crippen LogP contribution in [0.5, 0.6) is 0 Å². The minimum atomic E-state index is -4.38. The average molecular weight is 219 g/mol.